The minimum Gasteiger partial charge on any atom is -0.320 e. The highest BCUT2D eigenvalue weighted by Crippen LogP contribution is 2.41. The van der Waals surface area contributed by atoms with E-state index in [1.54, 1.807) is 0 Å². The molecule has 1 aliphatic rings. The van der Waals surface area contributed by atoms with Crippen LogP contribution in [-0.2, 0) is 0 Å². The predicted molar refractivity (Wildman–Crippen MR) is 31.4 cm³/mol. The Bertz CT molecular complexity index is 113. The molecule has 2 N–H and O–H groups in total. The van der Waals surface area contributed by atoms with Gasteiger partial charge in [0.25, 0.3) is 5.92 Å². The molecule has 0 amide bonds. The molecule has 1 rings (SSSR count). The van der Waals surface area contributed by atoms with Crippen LogP contribution in [0.2, 0.25) is 0 Å². The molecule has 54 valence electrons. The Morgan fingerprint density at radius 1 is 1.44 bits per heavy atom. The third-order valence-corrected chi connectivity index (χ3v) is 2.12. The van der Waals surface area contributed by atoms with Crippen molar-refractivity contribution in [1.82, 2.24) is 0 Å². The Balaban J connectivity index is 2.59. The van der Waals surface area contributed by atoms with Crippen LogP contribution in [0.15, 0.2) is 0 Å². The maximum absolute atomic E-state index is 12.4. The van der Waals surface area contributed by atoms with Gasteiger partial charge in [-0.2, -0.15) is 0 Å². The van der Waals surface area contributed by atoms with E-state index in [-0.39, 0.29) is 0 Å². The highest BCUT2D eigenvalue weighted by atomic mass is 19.3. The van der Waals surface area contributed by atoms with Crippen molar-refractivity contribution in [3.63, 3.8) is 0 Å². The maximum atomic E-state index is 12.4. The zero-order valence-electron chi connectivity index (χ0n) is 5.45. The summed E-state index contributed by atoms with van der Waals surface area (Å²) >= 11 is 0. The summed E-state index contributed by atoms with van der Waals surface area (Å²) < 4.78 is 24.9. The Labute approximate surface area is 53.2 Å². The fourth-order valence-corrected chi connectivity index (χ4v) is 0.997. The van der Waals surface area contributed by atoms with Crippen LogP contribution in [0.5, 0.6) is 0 Å². The molecule has 0 saturated heterocycles. The Hall–Kier alpha value is -0.180. The van der Waals surface area contributed by atoms with Crippen molar-refractivity contribution in [2.24, 2.45) is 5.73 Å². The first-order chi connectivity index (χ1) is 3.96. The van der Waals surface area contributed by atoms with Gasteiger partial charge in [-0.3, -0.25) is 0 Å². The van der Waals surface area contributed by atoms with Crippen LogP contribution in [-0.4, -0.2) is 11.5 Å². The van der Waals surface area contributed by atoms with Gasteiger partial charge < -0.3 is 5.73 Å². The first-order valence-corrected chi connectivity index (χ1v) is 3.12. The molecule has 0 aromatic heterocycles. The molecule has 1 saturated carbocycles. The van der Waals surface area contributed by atoms with Crippen molar-refractivity contribution in [1.29, 1.82) is 0 Å². The second-order valence-corrected chi connectivity index (χ2v) is 2.90. The highest BCUT2D eigenvalue weighted by Gasteiger charge is 2.50. The van der Waals surface area contributed by atoms with Crippen LogP contribution < -0.4 is 5.73 Å². The normalized spacial score (nSPS) is 25.3. The fourth-order valence-electron chi connectivity index (χ4n) is 0.997. The molecule has 0 heterocycles. The Morgan fingerprint density at radius 2 is 1.89 bits per heavy atom. The average molecular weight is 135 g/mol. The predicted octanol–water partition coefficient (Wildman–Crippen LogP) is 1.52. The second kappa shape index (κ2) is 1.66. The number of nitrogens with two attached hydrogens (primary N) is 1. The Morgan fingerprint density at radius 3 is 1.89 bits per heavy atom. The zero-order valence-corrected chi connectivity index (χ0v) is 5.45. The summed E-state index contributed by atoms with van der Waals surface area (Å²) in [6, 6.07) is 0. The highest BCUT2D eigenvalue weighted by molar-refractivity contribution is 5.01. The fraction of sp³-hybridized carbons (Fsp3) is 1.00. The van der Waals surface area contributed by atoms with Crippen molar-refractivity contribution < 1.29 is 8.78 Å². The van der Waals surface area contributed by atoms with Gasteiger partial charge in [-0.25, -0.2) is 8.78 Å². The number of rotatable bonds is 1. The van der Waals surface area contributed by atoms with E-state index in [1.807, 2.05) is 0 Å². The van der Waals surface area contributed by atoms with Crippen LogP contribution in [0.3, 0.4) is 0 Å². The smallest absolute Gasteiger partial charge is 0.262 e. The number of hydrogen-bond acceptors (Lipinski definition) is 1. The summed E-state index contributed by atoms with van der Waals surface area (Å²) in [5.41, 5.74) is 4.16. The molecule has 1 fully saturated rings. The maximum Gasteiger partial charge on any atom is 0.262 e. The van der Waals surface area contributed by atoms with Crippen molar-refractivity contribution in [3.8, 4) is 0 Å². The molecule has 0 spiro atoms. The lowest BCUT2D eigenvalue weighted by atomic mass is 9.73. The van der Waals surface area contributed by atoms with Crippen molar-refractivity contribution in [2.75, 3.05) is 0 Å². The molecule has 0 aliphatic heterocycles. The molecule has 1 nitrogen and oxygen atoms in total. The van der Waals surface area contributed by atoms with Crippen molar-refractivity contribution in [3.05, 3.63) is 0 Å². The topological polar surface area (TPSA) is 26.0 Å². The molecule has 0 unspecified atom stereocenters. The van der Waals surface area contributed by atoms with Crippen molar-refractivity contribution >= 4 is 0 Å². The van der Waals surface area contributed by atoms with Gasteiger partial charge in [-0.15, -0.1) is 0 Å². The molecule has 0 atom stereocenters. The Kier molecular flexibility index (Phi) is 1.28. The van der Waals surface area contributed by atoms with Gasteiger partial charge in [0.15, 0.2) is 0 Å². The summed E-state index contributed by atoms with van der Waals surface area (Å²) in [6.07, 6.45) is 1.78. The van der Waals surface area contributed by atoms with Gasteiger partial charge in [0, 0.05) is 6.92 Å². The first-order valence-electron chi connectivity index (χ1n) is 3.12. The average Bonchev–Trinajstić information content (AvgIpc) is 1.57. The first kappa shape index (κ1) is 6.93. The molecule has 9 heavy (non-hydrogen) atoms. The van der Waals surface area contributed by atoms with Gasteiger partial charge in [0.05, 0.1) is 5.54 Å². The van der Waals surface area contributed by atoms with Gasteiger partial charge in [-0.05, 0) is 19.3 Å². The standard InChI is InChI=1S/C6H11F2N/c1-5(7,8)6(9)3-2-4-6/h2-4,9H2,1H3. The van der Waals surface area contributed by atoms with Gasteiger partial charge in [0.1, 0.15) is 0 Å². The van der Waals surface area contributed by atoms with E-state index in [2.05, 4.69) is 0 Å². The lowest BCUT2D eigenvalue weighted by Gasteiger charge is -2.42. The minimum atomic E-state index is -2.69. The third-order valence-electron chi connectivity index (χ3n) is 2.12. The quantitative estimate of drug-likeness (QED) is 0.579. The molecule has 0 aromatic carbocycles. The lowest BCUT2D eigenvalue weighted by Crippen LogP contribution is -2.58. The lowest BCUT2D eigenvalue weighted by molar-refractivity contribution is -0.0898. The van der Waals surface area contributed by atoms with E-state index < -0.39 is 11.5 Å². The largest absolute Gasteiger partial charge is 0.320 e. The number of alkyl halides is 2. The van der Waals surface area contributed by atoms with Crippen LogP contribution in [0.4, 0.5) is 8.78 Å². The minimum absolute atomic E-state index is 0.469. The van der Waals surface area contributed by atoms with Gasteiger partial charge >= 0.3 is 0 Å². The van der Waals surface area contributed by atoms with E-state index in [4.69, 9.17) is 5.73 Å². The molecular formula is C6H11F2N. The number of hydrogen-bond donors (Lipinski definition) is 1. The van der Waals surface area contributed by atoms with Crippen LogP contribution in [0.1, 0.15) is 26.2 Å². The SMILES string of the molecule is CC(F)(F)C1(N)CCC1. The molecule has 1 aliphatic carbocycles. The summed E-state index contributed by atoms with van der Waals surface area (Å²) in [5, 5.41) is 0. The van der Waals surface area contributed by atoms with E-state index >= 15 is 0 Å². The van der Waals surface area contributed by atoms with Crippen LogP contribution in [0, 0.1) is 0 Å². The third kappa shape index (κ3) is 0.936. The van der Waals surface area contributed by atoms with E-state index in [1.165, 1.54) is 0 Å². The zero-order chi connectivity index (χ0) is 7.12. The van der Waals surface area contributed by atoms with Crippen LogP contribution >= 0.6 is 0 Å². The van der Waals surface area contributed by atoms with Gasteiger partial charge in [-0.1, -0.05) is 0 Å². The summed E-state index contributed by atoms with van der Waals surface area (Å²) in [4.78, 5) is 0. The van der Waals surface area contributed by atoms with E-state index in [0.717, 1.165) is 13.3 Å². The second-order valence-electron chi connectivity index (χ2n) is 2.90. The van der Waals surface area contributed by atoms with Crippen LogP contribution in [0.25, 0.3) is 0 Å². The molecule has 0 bridgehead atoms. The molecule has 0 radical (unpaired) electrons. The van der Waals surface area contributed by atoms with Gasteiger partial charge in [0.2, 0.25) is 0 Å². The summed E-state index contributed by atoms with van der Waals surface area (Å²) in [6.45, 7) is 0.895. The van der Waals surface area contributed by atoms with Crippen molar-refractivity contribution in [2.45, 2.75) is 37.6 Å². The monoisotopic (exact) mass is 135 g/mol. The summed E-state index contributed by atoms with van der Waals surface area (Å²) in [7, 11) is 0. The molecule has 0 aromatic rings. The summed E-state index contributed by atoms with van der Waals surface area (Å²) in [5.74, 6) is -2.69. The van der Waals surface area contributed by atoms with E-state index in [9.17, 15) is 8.78 Å². The molecule has 3 heteroatoms. The number of halogens is 2. The molecular weight excluding hydrogens is 124 g/mol. The van der Waals surface area contributed by atoms with E-state index in [0.29, 0.717) is 12.8 Å².